The van der Waals surface area contributed by atoms with Gasteiger partial charge in [-0.15, -0.1) is 0 Å². The number of alkyl halides is 1. The largest absolute Gasteiger partial charge is 0.308 e. The number of halogens is 1. The lowest BCUT2D eigenvalue weighted by molar-refractivity contribution is 1.18. The molecule has 1 nitrogen and oxygen atoms in total. The van der Waals surface area contributed by atoms with E-state index in [2.05, 4.69) is 105 Å². The third kappa shape index (κ3) is 1.99. The highest BCUT2D eigenvalue weighted by atomic mass is 79.9. The Hall–Kier alpha value is -2.84. The number of benzene rings is 4. The van der Waals surface area contributed by atoms with Crippen LogP contribution >= 0.6 is 15.9 Å². The first kappa shape index (κ1) is 15.2. The van der Waals surface area contributed by atoms with Gasteiger partial charge in [0, 0.05) is 27.2 Å². The quantitative estimate of drug-likeness (QED) is 0.250. The molecule has 0 N–H and O–H groups in total. The fourth-order valence-electron chi connectivity index (χ4n) is 4.52. The predicted molar refractivity (Wildman–Crippen MR) is 118 cm³/mol. The first-order valence-corrected chi connectivity index (χ1v) is 10.3. The molecular formula is C25H16BrN. The molecule has 5 aromatic rings. The minimum atomic E-state index is 0.858. The van der Waals surface area contributed by atoms with Gasteiger partial charge in [-0.05, 0) is 34.9 Å². The number of rotatable bonds is 1. The highest BCUT2D eigenvalue weighted by Crippen LogP contribution is 2.46. The summed E-state index contributed by atoms with van der Waals surface area (Å²) in [5.41, 5.74) is 10.3. The molecule has 0 unspecified atom stereocenters. The van der Waals surface area contributed by atoms with Crippen LogP contribution in [0.3, 0.4) is 0 Å². The highest BCUT2D eigenvalue weighted by molar-refractivity contribution is 9.08. The van der Waals surface area contributed by atoms with Gasteiger partial charge in [-0.25, -0.2) is 0 Å². The number of fused-ring (bicyclic) bond motifs is 8. The second kappa shape index (κ2) is 5.58. The lowest BCUT2D eigenvalue weighted by Crippen LogP contribution is -1.96. The van der Waals surface area contributed by atoms with Crippen LogP contribution in [0.1, 0.15) is 5.56 Å². The highest BCUT2D eigenvalue weighted by Gasteiger charge is 2.23. The molecule has 0 amide bonds. The van der Waals surface area contributed by atoms with Gasteiger partial charge in [-0.3, -0.25) is 0 Å². The van der Waals surface area contributed by atoms with Gasteiger partial charge in [0.2, 0.25) is 0 Å². The van der Waals surface area contributed by atoms with Crippen molar-refractivity contribution in [3.8, 4) is 27.9 Å². The van der Waals surface area contributed by atoms with Gasteiger partial charge in [0.1, 0.15) is 0 Å². The summed E-state index contributed by atoms with van der Waals surface area (Å²) in [7, 11) is 0. The van der Waals surface area contributed by atoms with Crippen molar-refractivity contribution in [3.05, 3.63) is 90.5 Å². The normalized spacial score (nSPS) is 12.0. The molecule has 2 heterocycles. The summed E-state index contributed by atoms with van der Waals surface area (Å²) in [5, 5.41) is 3.48. The topological polar surface area (TPSA) is 4.93 Å². The second-order valence-electron chi connectivity index (χ2n) is 7.09. The van der Waals surface area contributed by atoms with Crippen LogP contribution in [0, 0.1) is 0 Å². The summed E-state index contributed by atoms with van der Waals surface area (Å²) < 4.78 is 2.45. The lowest BCUT2D eigenvalue weighted by atomic mass is 9.93. The minimum Gasteiger partial charge on any atom is -0.308 e. The van der Waals surface area contributed by atoms with E-state index in [0.29, 0.717) is 0 Å². The van der Waals surface area contributed by atoms with Crippen molar-refractivity contribution in [2.75, 3.05) is 0 Å². The summed E-state index contributed by atoms with van der Waals surface area (Å²) in [4.78, 5) is 0. The van der Waals surface area contributed by atoms with Gasteiger partial charge in [0.25, 0.3) is 0 Å². The molecule has 0 spiro atoms. The fraction of sp³-hybridized carbons (Fsp3) is 0.0400. The fourth-order valence-corrected chi connectivity index (χ4v) is 4.86. The third-order valence-electron chi connectivity index (χ3n) is 5.66. The van der Waals surface area contributed by atoms with E-state index in [4.69, 9.17) is 0 Å². The molecule has 6 rings (SSSR count). The second-order valence-corrected chi connectivity index (χ2v) is 7.65. The van der Waals surface area contributed by atoms with Crippen molar-refractivity contribution in [1.29, 1.82) is 0 Å². The number of para-hydroxylation sites is 2. The molecule has 128 valence electrons. The van der Waals surface area contributed by atoms with Crippen molar-refractivity contribution in [1.82, 2.24) is 4.57 Å². The average molecular weight is 410 g/mol. The lowest BCUT2D eigenvalue weighted by Gasteiger charge is -2.13. The molecule has 0 aliphatic carbocycles. The number of aromatic nitrogens is 1. The zero-order chi connectivity index (χ0) is 18.0. The summed E-state index contributed by atoms with van der Waals surface area (Å²) in [6.07, 6.45) is 0. The molecule has 1 aromatic heterocycles. The summed E-state index contributed by atoms with van der Waals surface area (Å²) in [6.45, 7) is 0. The molecule has 1 aliphatic rings. The van der Waals surface area contributed by atoms with Gasteiger partial charge < -0.3 is 4.57 Å². The zero-order valence-corrected chi connectivity index (χ0v) is 16.2. The molecule has 0 bridgehead atoms. The van der Waals surface area contributed by atoms with Gasteiger partial charge >= 0.3 is 0 Å². The van der Waals surface area contributed by atoms with E-state index in [0.717, 1.165) is 5.33 Å². The molecule has 0 saturated heterocycles. The van der Waals surface area contributed by atoms with E-state index >= 15 is 0 Å². The van der Waals surface area contributed by atoms with E-state index in [9.17, 15) is 0 Å². The standard InChI is InChI=1S/C25H16BrN/c26-15-16-12-13-24-22(14-16)18-7-2-1-6-17(18)20-9-5-10-21-19-8-3-4-11-23(19)27(24)25(20)21/h1-14H,15H2. The Balaban J connectivity index is 1.93. The van der Waals surface area contributed by atoms with E-state index in [-0.39, 0.29) is 0 Å². The zero-order valence-electron chi connectivity index (χ0n) is 14.6. The van der Waals surface area contributed by atoms with Gasteiger partial charge in [0.15, 0.2) is 0 Å². The Kier molecular flexibility index (Phi) is 3.15. The van der Waals surface area contributed by atoms with Crippen LogP contribution in [0.15, 0.2) is 84.9 Å². The molecule has 2 heteroatoms. The first-order chi connectivity index (χ1) is 13.4. The summed E-state index contributed by atoms with van der Waals surface area (Å²) in [6, 6.07) is 31.0. The smallest absolute Gasteiger partial charge is 0.0619 e. The van der Waals surface area contributed by atoms with Crippen molar-refractivity contribution >= 4 is 37.7 Å². The van der Waals surface area contributed by atoms with Gasteiger partial charge in [0.05, 0.1) is 16.7 Å². The Bertz CT molecular complexity index is 1360. The molecular weight excluding hydrogens is 394 g/mol. The molecule has 27 heavy (non-hydrogen) atoms. The summed E-state index contributed by atoms with van der Waals surface area (Å²) in [5.74, 6) is 0. The average Bonchev–Trinajstić information content (AvgIpc) is 3.01. The van der Waals surface area contributed by atoms with E-state index in [1.165, 1.54) is 55.3 Å². The maximum atomic E-state index is 3.63. The van der Waals surface area contributed by atoms with Crippen molar-refractivity contribution < 1.29 is 0 Å². The molecule has 1 aliphatic heterocycles. The maximum Gasteiger partial charge on any atom is 0.0619 e. The van der Waals surface area contributed by atoms with Crippen molar-refractivity contribution in [2.45, 2.75) is 5.33 Å². The molecule has 0 atom stereocenters. The SMILES string of the molecule is BrCc1ccc2c(c1)-c1ccccc1-c1cccc3c4ccccc4n-2c13. The number of nitrogens with zero attached hydrogens (tertiary/aromatic N) is 1. The van der Waals surface area contributed by atoms with E-state index in [1.807, 2.05) is 0 Å². The summed E-state index contributed by atoms with van der Waals surface area (Å²) >= 11 is 3.63. The molecule has 0 saturated carbocycles. The Morgan fingerprint density at radius 2 is 1.33 bits per heavy atom. The number of hydrogen-bond acceptors (Lipinski definition) is 0. The van der Waals surface area contributed by atoms with Crippen LogP contribution in [-0.4, -0.2) is 4.57 Å². The Morgan fingerprint density at radius 1 is 0.630 bits per heavy atom. The molecule has 0 radical (unpaired) electrons. The first-order valence-electron chi connectivity index (χ1n) is 9.18. The van der Waals surface area contributed by atoms with Crippen LogP contribution in [0.5, 0.6) is 0 Å². The maximum absolute atomic E-state index is 3.63. The predicted octanol–water partition coefficient (Wildman–Crippen LogP) is 7.33. The molecule has 0 fully saturated rings. The van der Waals surface area contributed by atoms with Gasteiger partial charge in [-0.1, -0.05) is 82.7 Å². The third-order valence-corrected chi connectivity index (χ3v) is 6.31. The molecule has 4 aromatic carbocycles. The van der Waals surface area contributed by atoms with Crippen LogP contribution in [0.2, 0.25) is 0 Å². The monoisotopic (exact) mass is 409 g/mol. The number of hydrogen-bond donors (Lipinski definition) is 0. The van der Waals surface area contributed by atoms with Crippen LogP contribution in [0.25, 0.3) is 49.7 Å². The Labute approximate surface area is 166 Å². The van der Waals surface area contributed by atoms with Crippen LogP contribution in [0.4, 0.5) is 0 Å². The Morgan fingerprint density at radius 3 is 2.19 bits per heavy atom. The minimum absolute atomic E-state index is 0.858. The van der Waals surface area contributed by atoms with Crippen molar-refractivity contribution in [2.24, 2.45) is 0 Å². The van der Waals surface area contributed by atoms with Crippen LogP contribution < -0.4 is 0 Å². The van der Waals surface area contributed by atoms with Crippen molar-refractivity contribution in [3.63, 3.8) is 0 Å². The van der Waals surface area contributed by atoms with Gasteiger partial charge in [-0.2, -0.15) is 0 Å². The van der Waals surface area contributed by atoms with E-state index in [1.54, 1.807) is 0 Å². The van der Waals surface area contributed by atoms with Crippen LogP contribution in [-0.2, 0) is 5.33 Å². The van der Waals surface area contributed by atoms with E-state index < -0.39 is 0 Å².